The molecule has 2 atom stereocenters. The van der Waals surface area contributed by atoms with Crippen molar-refractivity contribution in [2.75, 3.05) is 13.6 Å². The van der Waals surface area contributed by atoms with Gasteiger partial charge in [-0.25, -0.2) is 4.79 Å². The standard InChI is InChI=1S/C14H25NO2/c1-8-10-11(14(10,5)6)9-15(7)12(16)17-13(2,3)4/h8,10-11H,1,9H2,2-7H3. The molecule has 0 radical (unpaired) electrons. The second-order valence-corrected chi connectivity index (χ2v) is 6.55. The Morgan fingerprint density at radius 1 is 1.47 bits per heavy atom. The van der Waals surface area contributed by atoms with Gasteiger partial charge in [0.2, 0.25) is 0 Å². The summed E-state index contributed by atoms with van der Waals surface area (Å²) >= 11 is 0. The minimum atomic E-state index is -0.428. The number of carbonyl (C=O) groups is 1. The van der Waals surface area contributed by atoms with E-state index in [2.05, 4.69) is 20.4 Å². The Bertz CT molecular complexity index is 315. The van der Waals surface area contributed by atoms with E-state index in [0.717, 1.165) is 6.54 Å². The second-order valence-electron chi connectivity index (χ2n) is 6.55. The lowest BCUT2D eigenvalue weighted by atomic mass is 10.1. The van der Waals surface area contributed by atoms with Crippen LogP contribution in [0.1, 0.15) is 34.6 Å². The Hall–Kier alpha value is -0.990. The number of hydrogen-bond acceptors (Lipinski definition) is 2. The monoisotopic (exact) mass is 239 g/mol. The van der Waals surface area contributed by atoms with E-state index in [0.29, 0.717) is 11.8 Å². The van der Waals surface area contributed by atoms with Gasteiger partial charge in [-0.05, 0) is 38.0 Å². The summed E-state index contributed by atoms with van der Waals surface area (Å²) in [5, 5.41) is 0. The first-order valence-corrected chi connectivity index (χ1v) is 6.16. The van der Waals surface area contributed by atoms with E-state index in [1.165, 1.54) is 0 Å². The number of rotatable bonds is 3. The molecule has 1 aliphatic rings. The Labute approximate surface area is 105 Å². The molecule has 0 aromatic heterocycles. The molecule has 98 valence electrons. The van der Waals surface area contributed by atoms with Crippen LogP contribution >= 0.6 is 0 Å². The molecule has 0 heterocycles. The van der Waals surface area contributed by atoms with Gasteiger partial charge in [0.05, 0.1) is 0 Å². The zero-order chi connectivity index (χ0) is 13.4. The van der Waals surface area contributed by atoms with Crippen molar-refractivity contribution < 1.29 is 9.53 Å². The Kier molecular flexibility index (Phi) is 3.60. The molecular weight excluding hydrogens is 214 g/mol. The Morgan fingerprint density at radius 3 is 2.35 bits per heavy atom. The molecule has 0 aromatic rings. The Balaban J connectivity index is 2.49. The minimum absolute atomic E-state index is 0.247. The van der Waals surface area contributed by atoms with Gasteiger partial charge >= 0.3 is 6.09 Å². The fourth-order valence-corrected chi connectivity index (χ4v) is 2.31. The zero-order valence-electron chi connectivity index (χ0n) is 11.9. The van der Waals surface area contributed by atoms with Crippen LogP contribution in [0.4, 0.5) is 4.79 Å². The van der Waals surface area contributed by atoms with Gasteiger partial charge in [-0.3, -0.25) is 0 Å². The third kappa shape index (κ3) is 3.24. The summed E-state index contributed by atoms with van der Waals surface area (Å²) in [6.07, 6.45) is 1.75. The molecule has 0 bridgehead atoms. The van der Waals surface area contributed by atoms with Gasteiger partial charge in [-0.2, -0.15) is 0 Å². The number of carbonyl (C=O) groups excluding carboxylic acids is 1. The van der Waals surface area contributed by atoms with Gasteiger partial charge in [-0.1, -0.05) is 19.9 Å². The topological polar surface area (TPSA) is 29.5 Å². The first kappa shape index (κ1) is 14.1. The van der Waals surface area contributed by atoms with E-state index < -0.39 is 5.60 Å². The first-order chi connectivity index (χ1) is 7.59. The quantitative estimate of drug-likeness (QED) is 0.707. The molecule has 0 aromatic carbocycles. The average Bonchev–Trinajstić information content (AvgIpc) is 2.64. The fourth-order valence-electron chi connectivity index (χ4n) is 2.31. The third-order valence-corrected chi connectivity index (χ3v) is 3.57. The van der Waals surface area contributed by atoms with Crippen molar-refractivity contribution in [1.82, 2.24) is 4.90 Å². The maximum Gasteiger partial charge on any atom is 0.410 e. The van der Waals surface area contributed by atoms with Crippen LogP contribution in [0, 0.1) is 17.3 Å². The van der Waals surface area contributed by atoms with Crippen LogP contribution < -0.4 is 0 Å². The van der Waals surface area contributed by atoms with E-state index in [-0.39, 0.29) is 11.5 Å². The predicted octanol–water partition coefficient (Wildman–Crippen LogP) is 3.31. The first-order valence-electron chi connectivity index (χ1n) is 6.16. The molecule has 1 amide bonds. The van der Waals surface area contributed by atoms with Crippen LogP contribution in [0.5, 0.6) is 0 Å². The van der Waals surface area contributed by atoms with Gasteiger partial charge in [0.25, 0.3) is 0 Å². The number of allylic oxidation sites excluding steroid dienone is 1. The summed E-state index contributed by atoms with van der Waals surface area (Å²) in [4.78, 5) is 13.5. The van der Waals surface area contributed by atoms with Crippen molar-refractivity contribution in [3.05, 3.63) is 12.7 Å². The molecule has 0 spiro atoms. The van der Waals surface area contributed by atoms with E-state index in [1.54, 1.807) is 11.9 Å². The molecule has 1 aliphatic carbocycles. The maximum atomic E-state index is 11.8. The van der Waals surface area contributed by atoms with Gasteiger partial charge in [-0.15, -0.1) is 6.58 Å². The number of ether oxygens (including phenoxy) is 1. The molecule has 1 rings (SSSR count). The molecule has 3 nitrogen and oxygen atoms in total. The summed E-state index contributed by atoms with van der Waals surface area (Å²) in [6.45, 7) is 14.7. The molecule has 0 aliphatic heterocycles. The van der Waals surface area contributed by atoms with Gasteiger partial charge in [0.15, 0.2) is 0 Å². The minimum Gasteiger partial charge on any atom is -0.444 e. The molecule has 1 saturated carbocycles. The van der Waals surface area contributed by atoms with Crippen LogP contribution in [-0.2, 0) is 4.74 Å². The van der Waals surface area contributed by atoms with Crippen LogP contribution in [0.25, 0.3) is 0 Å². The highest BCUT2D eigenvalue weighted by molar-refractivity contribution is 5.67. The highest BCUT2D eigenvalue weighted by atomic mass is 16.6. The van der Waals surface area contributed by atoms with Crippen LogP contribution in [0.15, 0.2) is 12.7 Å². The number of hydrogen-bond donors (Lipinski definition) is 0. The summed E-state index contributed by atoms with van der Waals surface area (Å²) < 4.78 is 5.33. The Morgan fingerprint density at radius 2 is 2.00 bits per heavy atom. The number of nitrogens with zero attached hydrogens (tertiary/aromatic N) is 1. The molecule has 3 heteroatoms. The maximum absolute atomic E-state index is 11.8. The van der Waals surface area contributed by atoms with Crippen molar-refractivity contribution in [3.63, 3.8) is 0 Å². The largest absolute Gasteiger partial charge is 0.444 e. The van der Waals surface area contributed by atoms with Gasteiger partial charge < -0.3 is 9.64 Å². The predicted molar refractivity (Wildman–Crippen MR) is 69.8 cm³/mol. The van der Waals surface area contributed by atoms with Crippen LogP contribution in [-0.4, -0.2) is 30.2 Å². The van der Waals surface area contributed by atoms with E-state index in [9.17, 15) is 4.79 Å². The fraction of sp³-hybridized carbons (Fsp3) is 0.786. The van der Waals surface area contributed by atoms with Crippen LogP contribution in [0.2, 0.25) is 0 Å². The number of amides is 1. The summed E-state index contributed by atoms with van der Waals surface area (Å²) in [6, 6.07) is 0. The highest BCUT2D eigenvalue weighted by Gasteiger charge is 2.56. The van der Waals surface area contributed by atoms with Crippen molar-refractivity contribution in [1.29, 1.82) is 0 Å². The van der Waals surface area contributed by atoms with Crippen molar-refractivity contribution in [3.8, 4) is 0 Å². The molecule has 17 heavy (non-hydrogen) atoms. The average molecular weight is 239 g/mol. The van der Waals surface area contributed by atoms with Crippen LogP contribution in [0.3, 0.4) is 0 Å². The summed E-state index contributed by atoms with van der Waals surface area (Å²) in [5.74, 6) is 1.00. The summed E-state index contributed by atoms with van der Waals surface area (Å²) in [7, 11) is 1.79. The lowest BCUT2D eigenvalue weighted by Gasteiger charge is -2.25. The lowest BCUT2D eigenvalue weighted by molar-refractivity contribution is 0.0285. The molecule has 2 unspecified atom stereocenters. The zero-order valence-corrected chi connectivity index (χ0v) is 11.9. The summed E-state index contributed by atoms with van der Waals surface area (Å²) in [5.41, 5.74) is -0.166. The molecule has 0 N–H and O–H groups in total. The van der Waals surface area contributed by atoms with Gasteiger partial charge in [0.1, 0.15) is 5.60 Å². The van der Waals surface area contributed by atoms with Crippen molar-refractivity contribution >= 4 is 6.09 Å². The van der Waals surface area contributed by atoms with Gasteiger partial charge in [0, 0.05) is 13.6 Å². The second kappa shape index (κ2) is 4.35. The van der Waals surface area contributed by atoms with Crippen molar-refractivity contribution in [2.24, 2.45) is 17.3 Å². The van der Waals surface area contributed by atoms with E-state index in [4.69, 9.17) is 4.74 Å². The van der Waals surface area contributed by atoms with E-state index in [1.807, 2.05) is 26.8 Å². The normalized spacial score (nSPS) is 26.2. The smallest absolute Gasteiger partial charge is 0.410 e. The lowest BCUT2D eigenvalue weighted by Crippen LogP contribution is -2.35. The third-order valence-electron chi connectivity index (χ3n) is 3.57. The molecule has 0 saturated heterocycles. The highest BCUT2D eigenvalue weighted by Crippen LogP contribution is 2.58. The van der Waals surface area contributed by atoms with E-state index >= 15 is 0 Å². The SMILES string of the molecule is C=CC1C(CN(C)C(=O)OC(C)(C)C)C1(C)C. The molecular formula is C14H25NO2. The molecule has 1 fully saturated rings. The van der Waals surface area contributed by atoms with Crippen molar-refractivity contribution in [2.45, 2.75) is 40.2 Å².